The molecule has 0 spiro atoms. The smallest absolute Gasteiger partial charge is 0.233 e. The number of benzene rings is 2. The lowest BCUT2D eigenvalue weighted by atomic mass is 9.86. The summed E-state index contributed by atoms with van der Waals surface area (Å²) in [5.74, 6) is 1.74. The van der Waals surface area contributed by atoms with Gasteiger partial charge in [-0.3, -0.25) is 0 Å². The van der Waals surface area contributed by atoms with Gasteiger partial charge in [0.15, 0.2) is 15.5 Å². The van der Waals surface area contributed by atoms with E-state index in [0.29, 0.717) is 41.2 Å². The summed E-state index contributed by atoms with van der Waals surface area (Å²) in [6, 6.07) is 12.5. The fraction of sp³-hybridized carbons (Fsp3) is 0.433. The summed E-state index contributed by atoms with van der Waals surface area (Å²) in [6.07, 6.45) is 4.75. The third-order valence-electron chi connectivity index (χ3n) is 7.96. The van der Waals surface area contributed by atoms with Crippen molar-refractivity contribution in [3.8, 4) is 5.75 Å². The maximum Gasteiger partial charge on any atom is 0.233 e. The minimum Gasteiger partial charge on any atom is -0.495 e. The highest BCUT2D eigenvalue weighted by Gasteiger charge is 2.25. The molecule has 0 radical (unpaired) electrons. The Kier molecular flexibility index (Phi) is 9.14. The molecule has 2 aromatic carbocycles. The van der Waals surface area contributed by atoms with Crippen LogP contribution in [0.1, 0.15) is 43.7 Å². The molecule has 0 atom stereocenters. The van der Waals surface area contributed by atoms with Crippen LogP contribution in [-0.4, -0.2) is 85.3 Å². The van der Waals surface area contributed by atoms with E-state index < -0.39 is 24.9 Å². The average Bonchev–Trinajstić information content (AvgIpc) is 3.45. The fourth-order valence-corrected chi connectivity index (χ4v) is 7.24. The molecule has 1 aliphatic heterocycles. The first-order chi connectivity index (χ1) is 20.9. The summed E-state index contributed by atoms with van der Waals surface area (Å²) in [6.45, 7) is 7.62. The Labute approximate surface area is 258 Å². The number of hydrogen-bond donors (Lipinski definition) is 2. The SMILES string of the molecule is COc1cc(C2CCN(CCS(C)(=O)=O)CC2)c(C)cc1Nc1nc(Nc2ccccc2S(=O)(=O)C(C)C)n2nccc2n1. The molecular weight excluding hydrogens is 603 g/mol. The monoisotopic (exact) mass is 641 g/mol. The van der Waals surface area contributed by atoms with Gasteiger partial charge >= 0.3 is 0 Å². The number of anilines is 4. The first-order valence-electron chi connectivity index (χ1n) is 14.5. The molecule has 2 aromatic heterocycles. The molecule has 2 N–H and O–H groups in total. The highest BCUT2D eigenvalue weighted by Crippen LogP contribution is 2.37. The van der Waals surface area contributed by atoms with E-state index in [4.69, 9.17) is 4.74 Å². The van der Waals surface area contributed by atoms with Crippen LogP contribution in [0.2, 0.25) is 0 Å². The van der Waals surface area contributed by atoms with Crippen LogP contribution in [0.4, 0.5) is 23.3 Å². The van der Waals surface area contributed by atoms with Crippen LogP contribution in [0, 0.1) is 6.92 Å². The van der Waals surface area contributed by atoms with Gasteiger partial charge in [-0.15, -0.1) is 0 Å². The van der Waals surface area contributed by atoms with Crippen molar-refractivity contribution in [2.45, 2.75) is 49.7 Å². The van der Waals surface area contributed by atoms with E-state index in [-0.39, 0.29) is 16.6 Å². The van der Waals surface area contributed by atoms with Gasteiger partial charge in [0.1, 0.15) is 15.6 Å². The standard InChI is InChI=1S/C30H39N7O5S2/c1-20(2)44(40,41)27-9-7-6-8-24(27)33-30-35-29(34-28-10-13-31-37(28)30)32-25-18-21(3)23(19-26(25)42-4)22-11-14-36(15-12-22)16-17-43(5,38)39/h6-10,13,18-20,22H,11-12,14-17H2,1-5H3,(H2,32,33,34,35). The van der Waals surface area contributed by atoms with Crippen molar-refractivity contribution in [3.63, 3.8) is 0 Å². The van der Waals surface area contributed by atoms with Crippen molar-refractivity contribution in [2.24, 2.45) is 0 Å². The second-order valence-corrected chi connectivity index (χ2v) is 16.2. The lowest BCUT2D eigenvalue weighted by Gasteiger charge is -2.33. The Morgan fingerprint density at radius 2 is 1.73 bits per heavy atom. The maximum atomic E-state index is 13.0. The zero-order valence-corrected chi connectivity index (χ0v) is 27.2. The van der Waals surface area contributed by atoms with Crippen molar-refractivity contribution in [1.82, 2.24) is 24.5 Å². The number of fused-ring (bicyclic) bond motifs is 1. The van der Waals surface area contributed by atoms with Gasteiger partial charge in [0.25, 0.3) is 0 Å². The molecule has 4 aromatic rings. The number of methoxy groups -OCH3 is 1. The second-order valence-electron chi connectivity index (χ2n) is 11.5. The van der Waals surface area contributed by atoms with Crippen molar-refractivity contribution in [1.29, 1.82) is 0 Å². The Bertz CT molecular complexity index is 1870. The molecule has 0 aliphatic carbocycles. The van der Waals surface area contributed by atoms with Crippen molar-refractivity contribution in [3.05, 3.63) is 59.8 Å². The summed E-state index contributed by atoms with van der Waals surface area (Å²) >= 11 is 0. The number of sulfone groups is 2. The lowest BCUT2D eigenvalue weighted by Crippen LogP contribution is -2.36. The minimum atomic E-state index is -3.56. The largest absolute Gasteiger partial charge is 0.495 e. The molecule has 0 unspecified atom stereocenters. The molecule has 1 saturated heterocycles. The number of ether oxygens (including phenoxy) is 1. The van der Waals surface area contributed by atoms with E-state index >= 15 is 0 Å². The Morgan fingerprint density at radius 1 is 1.00 bits per heavy atom. The van der Waals surface area contributed by atoms with Gasteiger partial charge in [-0.1, -0.05) is 12.1 Å². The number of rotatable bonds is 11. The van der Waals surface area contributed by atoms with E-state index in [9.17, 15) is 16.8 Å². The Balaban J connectivity index is 1.40. The molecule has 44 heavy (non-hydrogen) atoms. The molecule has 1 aliphatic rings. The number of piperidine rings is 1. The van der Waals surface area contributed by atoms with Gasteiger partial charge in [0.05, 0.1) is 40.6 Å². The van der Waals surface area contributed by atoms with Crippen molar-refractivity contribution in [2.75, 3.05) is 49.4 Å². The van der Waals surface area contributed by atoms with E-state index in [2.05, 4.69) is 43.6 Å². The molecule has 14 heteroatoms. The maximum absolute atomic E-state index is 13.0. The summed E-state index contributed by atoms with van der Waals surface area (Å²) in [4.78, 5) is 11.7. The summed E-state index contributed by atoms with van der Waals surface area (Å²) in [7, 11) is -4.92. The first kappa shape index (κ1) is 31.7. The highest BCUT2D eigenvalue weighted by molar-refractivity contribution is 7.92. The van der Waals surface area contributed by atoms with Gasteiger partial charge in [0, 0.05) is 18.9 Å². The predicted octanol–water partition coefficient (Wildman–Crippen LogP) is 4.33. The van der Waals surface area contributed by atoms with Gasteiger partial charge in [-0.2, -0.15) is 19.6 Å². The van der Waals surface area contributed by atoms with E-state index in [1.165, 1.54) is 16.3 Å². The van der Waals surface area contributed by atoms with Crippen LogP contribution < -0.4 is 15.4 Å². The van der Waals surface area contributed by atoms with E-state index in [1.54, 1.807) is 57.5 Å². The molecule has 236 valence electrons. The molecule has 5 rings (SSSR count). The fourth-order valence-electron chi connectivity index (χ4n) is 5.45. The molecular formula is C30H39N7O5S2. The third kappa shape index (κ3) is 6.97. The van der Waals surface area contributed by atoms with Crippen LogP contribution in [0.5, 0.6) is 5.75 Å². The molecule has 1 fully saturated rings. The third-order valence-corrected chi connectivity index (χ3v) is 11.1. The summed E-state index contributed by atoms with van der Waals surface area (Å²) < 4.78 is 56.5. The zero-order valence-electron chi connectivity index (χ0n) is 25.6. The van der Waals surface area contributed by atoms with Crippen LogP contribution in [0.3, 0.4) is 0 Å². The minimum absolute atomic E-state index is 0.178. The Morgan fingerprint density at radius 3 is 2.41 bits per heavy atom. The van der Waals surface area contributed by atoms with E-state index in [1.807, 2.05) is 6.07 Å². The molecule has 0 saturated carbocycles. The number of nitrogens with one attached hydrogen (secondary N) is 2. The number of aromatic nitrogens is 4. The number of hydrogen-bond acceptors (Lipinski definition) is 11. The first-order valence-corrected chi connectivity index (χ1v) is 18.1. The molecule has 0 bridgehead atoms. The van der Waals surface area contributed by atoms with Crippen LogP contribution >= 0.6 is 0 Å². The highest BCUT2D eigenvalue weighted by atomic mass is 32.2. The molecule has 3 heterocycles. The number of aryl methyl sites for hydroxylation is 1. The molecule has 12 nitrogen and oxygen atoms in total. The Hall–Kier alpha value is -3.75. The van der Waals surface area contributed by atoms with Crippen LogP contribution in [-0.2, 0) is 19.7 Å². The normalized spacial score (nSPS) is 15.1. The number of likely N-dealkylation sites (tertiary alicyclic amines) is 1. The van der Waals surface area contributed by atoms with E-state index in [0.717, 1.165) is 31.5 Å². The number of para-hydroxylation sites is 1. The lowest BCUT2D eigenvalue weighted by molar-refractivity contribution is 0.223. The van der Waals surface area contributed by atoms with Gasteiger partial charge in [-0.25, -0.2) is 16.8 Å². The van der Waals surface area contributed by atoms with Crippen LogP contribution in [0.25, 0.3) is 5.65 Å². The quantitative estimate of drug-likeness (QED) is 0.241. The summed E-state index contributed by atoms with van der Waals surface area (Å²) in [5.41, 5.74) is 3.90. The van der Waals surface area contributed by atoms with Crippen molar-refractivity contribution >= 4 is 48.6 Å². The number of nitrogens with zero attached hydrogens (tertiary/aromatic N) is 5. The second kappa shape index (κ2) is 12.7. The average molecular weight is 642 g/mol. The predicted molar refractivity (Wildman–Crippen MR) is 172 cm³/mol. The summed E-state index contributed by atoms with van der Waals surface area (Å²) in [5, 5.41) is 10.2. The topological polar surface area (TPSA) is 148 Å². The van der Waals surface area contributed by atoms with Crippen LogP contribution in [0.15, 0.2) is 53.6 Å². The van der Waals surface area contributed by atoms with Gasteiger partial charge < -0.3 is 20.3 Å². The van der Waals surface area contributed by atoms with Crippen molar-refractivity contribution < 1.29 is 21.6 Å². The zero-order chi connectivity index (χ0) is 31.6. The van der Waals surface area contributed by atoms with Gasteiger partial charge in [0.2, 0.25) is 11.9 Å². The molecule has 0 amide bonds. The van der Waals surface area contributed by atoms with Gasteiger partial charge in [-0.05, 0) is 88.0 Å².